The smallest absolute Gasteiger partial charge is 0.143 e. The fourth-order valence-electron chi connectivity index (χ4n) is 4.72. The minimum absolute atomic E-state index is 0.683. The van der Waals surface area contributed by atoms with E-state index in [1.807, 2.05) is 42.5 Å². The van der Waals surface area contributed by atoms with Crippen molar-refractivity contribution in [3.63, 3.8) is 0 Å². The number of halogens is 1. The molecule has 2 aromatic heterocycles. The van der Waals surface area contributed by atoms with E-state index in [-0.39, 0.29) is 0 Å². The van der Waals surface area contributed by atoms with Crippen LogP contribution < -0.4 is 0 Å². The Morgan fingerprint density at radius 3 is 2.19 bits per heavy atom. The number of hydrogen-bond acceptors (Lipinski definition) is 2. The van der Waals surface area contributed by atoms with E-state index in [4.69, 9.17) is 20.4 Å². The van der Waals surface area contributed by atoms with Crippen LogP contribution in [0.25, 0.3) is 65.8 Å². The Bertz CT molecular complexity index is 1800. The van der Waals surface area contributed by atoms with E-state index in [0.717, 1.165) is 55.0 Å². The molecule has 0 amide bonds. The Balaban J connectivity index is 1.63. The standard InChI is InChI=1S/C28H15ClO2/c29-19-14-21(18-10-9-16-5-1-2-6-17(16)13-18)28-22(15-19)27-25(31-28)12-11-24-26(27)20-7-3-4-8-23(20)30-24/h1-15H. The van der Waals surface area contributed by atoms with Crippen molar-refractivity contribution in [3.8, 4) is 11.1 Å². The summed E-state index contributed by atoms with van der Waals surface area (Å²) in [7, 11) is 0. The van der Waals surface area contributed by atoms with E-state index >= 15 is 0 Å². The molecule has 146 valence electrons. The molecule has 2 heterocycles. The second-order valence-corrected chi connectivity index (χ2v) is 8.34. The Morgan fingerprint density at radius 2 is 1.29 bits per heavy atom. The van der Waals surface area contributed by atoms with Gasteiger partial charge in [0.25, 0.3) is 0 Å². The van der Waals surface area contributed by atoms with Gasteiger partial charge in [-0.1, -0.05) is 66.2 Å². The average Bonchev–Trinajstić information content (AvgIpc) is 3.36. The lowest BCUT2D eigenvalue weighted by atomic mass is 9.98. The summed E-state index contributed by atoms with van der Waals surface area (Å²) >= 11 is 6.63. The Kier molecular flexibility index (Phi) is 3.36. The molecular formula is C28H15ClO2. The predicted molar refractivity (Wildman–Crippen MR) is 129 cm³/mol. The molecule has 0 N–H and O–H groups in total. The van der Waals surface area contributed by atoms with Crippen molar-refractivity contribution < 1.29 is 8.83 Å². The molecule has 5 aromatic carbocycles. The molecule has 0 radical (unpaired) electrons. The molecule has 0 aliphatic heterocycles. The van der Waals surface area contributed by atoms with Gasteiger partial charge in [-0.15, -0.1) is 0 Å². The van der Waals surface area contributed by atoms with Gasteiger partial charge in [-0.05, 0) is 52.7 Å². The molecule has 3 heteroatoms. The lowest BCUT2D eigenvalue weighted by Gasteiger charge is -2.06. The van der Waals surface area contributed by atoms with Crippen LogP contribution in [0, 0.1) is 0 Å². The molecule has 0 atom stereocenters. The summed E-state index contributed by atoms with van der Waals surface area (Å²) < 4.78 is 12.5. The monoisotopic (exact) mass is 418 g/mol. The van der Waals surface area contributed by atoms with Gasteiger partial charge in [0, 0.05) is 32.1 Å². The Hall–Kier alpha value is -3.75. The Labute approximate surface area is 182 Å². The average molecular weight is 419 g/mol. The second-order valence-electron chi connectivity index (χ2n) is 7.90. The topological polar surface area (TPSA) is 26.3 Å². The number of fused-ring (bicyclic) bond motifs is 8. The third kappa shape index (κ3) is 2.40. The van der Waals surface area contributed by atoms with Gasteiger partial charge >= 0.3 is 0 Å². The second kappa shape index (κ2) is 6.13. The highest BCUT2D eigenvalue weighted by Crippen LogP contribution is 2.43. The molecule has 0 saturated heterocycles. The molecule has 31 heavy (non-hydrogen) atoms. The maximum absolute atomic E-state index is 6.63. The molecule has 2 nitrogen and oxygen atoms in total. The largest absolute Gasteiger partial charge is 0.456 e. The van der Waals surface area contributed by atoms with Crippen molar-refractivity contribution in [2.75, 3.05) is 0 Å². The minimum Gasteiger partial charge on any atom is -0.456 e. The summed E-state index contributed by atoms with van der Waals surface area (Å²) in [5, 5.41) is 7.28. The van der Waals surface area contributed by atoms with Crippen molar-refractivity contribution in [2.45, 2.75) is 0 Å². The van der Waals surface area contributed by atoms with E-state index in [2.05, 4.69) is 48.5 Å². The lowest BCUT2D eigenvalue weighted by molar-refractivity contribution is 0.663. The summed E-state index contributed by atoms with van der Waals surface area (Å²) in [5.41, 5.74) is 5.47. The van der Waals surface area contributed by atoms with Gasteiger partial charge in [-0.2, -0.15) is 0 Å². The zero-order chi connectivity index (χ0) is 20.5. The fraction of sp³-hybridized carbons (Fsp3) is 0. The normalized spacial score (nSPS) is 12.0. The summed E-state index contributed by atoms with van der Waals surface area (Å²) in [6.07, 6.45) is 0. The van der Waals surface area contributed by atoms with Crippen LogP contribution in [0.5, 0.6) is 0 Å². The number of furan rings is 2. The maximum atomic E-state index is 6.63. The van der Waals surface area contributed by atoms with Crippen LogP contribution >= 0.6 is 11.6 Å². The molecule has 0 aliphatic carbocycles. The van der Waals surface area contributed by atoms with E-state index in [1.54, 1.807) is 0 Å². The first-order valence-electron chi connectivity index (χ1n) is 10.2. The van der Waals surface area contributed by atoms with Gasteiger partial charge in [0.1, 0.15) is 22.3 Å². The highest BCUT2D eigenvalue weighted by Gasteiger charge is 2.19. The maximum Gasteiger partial charge on any atom is 0.143 e. The molecule has 7 aromatic rings. The van der Waals surface area contributed by atoms with E-state index in [1.165, 1.54) is 10.8 Å². The van der Waals surface area contributed by atoms with Crippen LogP contribution in [0.4, 0.5) is 0 Å². The summed E-state index contributed by atoms with van der Waals surface area (Å²) in [6, 6.07) is 30.9. The van der Waals surface area contributed by atoms with E-state index in [0.29, 0.717) is 5.02 Å². The number of hydrogen-bond donors (Lipinski definition) is 0. The van der Waals surface area contributed by atoms with Gasteiger partial charge in [0.2, 0.25) is 0 Å². The van der Waals surface area contributed by atoms with Gasteiger partial charge in [-0.3, -0.25) is 0 Å². The van der Waals surface area contributed by atoms with Crippen LogP contribution in [-0.4, -0.2) is 0 Å². The zero-order valence-corrected chi connectivity index (χ0v) is 17.1. The summed E-state index contributed by atoms with van der Waals surface area (Å²) in [4.78, 5) is 0. The molecule has 0 spiro atoms. The van der Waals surface area contributed by atoms with Gasteiger partial charge < -0.3 is 8.83 Å². The first kappa shape index (κ1) is 17.0. The molecule has 7 rings (SSSR count). The Morgan fingerprint density at radius 1 is 0.548 bits per heavy atom. The van der Waals surface area contributed by atoms with Crippen LogP contribution in [0.15, 0.2) is 99.8 Å². The van der Waals surface area contributed by atoms with E-state index in [9.17, 15) is 0 Å². The number of para-hydroxylation sites is 1. The van der Waals surface area contributed by atoms with Crippen LogP contribution in [0.1, 0.15) is 0 Å². The molecule has 0 fully saturated rings. The van der Waals surface area contributed by atoms with Crippen molar-refractivity contribution in [2.24, 2.45) is 0 Å². The van der Waals surface area contributed by atoms with Gasteiger partial charge in [-0.25, -0.2) is 0 Å². The van der Waals surface area contributed by atoms with Crippen molar-refractivity contribution >= 4 is 66.3 Å². The predicted octanol–water partition coefficient (Wildman–Crippen LogP) is 8.96. The van der Waals surface area contributed by atoms with Crippen LogP contribution in [0.2, 0.25) is 5.02 Å². The van der Waals surface area contributed by atoms with E-state index < -0.39 is 0 Å². The first-order chi connectivity index (χ1) is 15.3. The molecule has 0 bridgehead atoms. The third-order valence-electron chi connectivity index (χ3n) is 6.10. The summed E-state index contributed by atoms with van der Waals surface area (Å²) in [6.45, 7) is 0. The summed E-state index contributed by atoms with van der Waals surface area (Å²) in [5.74, 6) is 0. The lowest BCUT2D eigenvalue weighted by Crippen LogP contribution is -1.81. The van der Waals surface area contributed by atoms with Gasteiger partial charge in [0.05, 0.1) is 0 Å². The SMILES string of the molecule is Clc1cc(-c2ccc3ccccc3c2)c2oc3ccc4oc5ccccc5c4c3c2c1. The fourth-order valence-corrected chi connectivity index (χ4v) is 4.94. The molecular weight excluding hydrogens is 404 g/mol. The highest BCUT2D eigenvalue weighted by atomic mass is 35.5. The van der Waals surface area contributed by atoms with Crippen LogP contribution in [-0.2, 0) is 0 Å². The highest BCUT2D eigenvalue weighted by molar-refractivity contribution is 6.34. The van der Waals surface area contributed by atoms with Crippen molar-refractivity contribution in [1.29, 1.82) is 0 Å². The van der Waals surface area contributed by atoms with Crippen molar-refractivity contribution in [3.05, 3.63) is 96.0 Å². The number of benzene rings is 5. The quantitative estimate of drug-likeness (QED) is 0.266. The van der Waals surface area contributed by atoms with Crippen LogP contribution in [0.3, 0.4) is 0 Å². The third-order valence-corrected chi connectivity index (χ3v) is 6.32. The molecule has 0 aliphatic rings. The molecule has 0 unspecified atom stereocenters. The minimum atomic E-state index is 0.683. The zero-order valence-electron chi connectivity index (χ0n) is 16.4. The number of rotatable bonds is 1. The van der Waals surface area contributed by atoms with Crippen molar-refractivity contribution in [1.82, 2.24) is 0 Å². The first-order valence-corrected chi connectivity index (χ1v) is 10.6. The molecule has 0 saturated carbocycles. The van der Waals surface area contributed by atoms with Gasteiger partial charge in [0.15, 0.2) is 0 Å².